The van der Waals surface area contributed by atoms with Crippen LogP contribution < -0.4 is 5.32 Å². The number of amides is 1. The quantitative estimate of drug-likeness (QED) is 0.881. The van der Waals surface area contributed by atoms with Gasteiger partial charge in [0.1, 0.15) is 0 Å². The van der Waals surface area contributed by atoms with Gasteiger partial charge in [-0.15, -0.1) is 0 Å². The molecule has 6 nitrogen and oxygen atoms in total. The summed E-state index contributed by atoms with van der Waals surface area (Å²) in [5.41, 5.74) is 1.13. The Morgan fingerprint density at radius 1 is 1.24 bits per heavy atom. The fourth-order valence-corrected chi connectivity index (χ4v) is 1.80. The number of carbonyl (C=O) groups is 2. The Hall–Kier alpha value is -2.63. The Labute approximate surface area is 121 Å². The maximum atomic E-state index is 12.1. The Morgan fingerprint density at radius 2 is 1.90 bits per heavy atom. The van der Waals surface area contributed by atoms with Gasteiger partial charge in [-0.1, -0.05) is 49.3 Å². The van der Waals surface area contributed by atoms with E-state index in [1.54, 1.807) is 30.3 Å². The molecule has 21 heavy (non-hydrogen) atoms. The third kappa shape index (κ3) is 3.47. The molecule has 6 heteroatoms. The second kappa shape index (κ2) is 6.21. The van der Waals surface area contributed by atoms with Crippen LogP contribution >= 0.6 is 0 Å². The molecule has 2 rings (SSSR count). The van der Waals surface area contributed by atoms with Crippen molar-refractivity contribution < 1.29 is 19.2 Å². The molecule has 0 saturated carbocycles. The number of nitrogens with one attached hydrogen (secondary N) is 1. The van der Waals surface area contributed by atoms with E-state index in [4.69, 9.17) is 4.52 Å². The van der Waals surface area contributed by atoms with Crippen molar-refractivity contribution in [2.24, 2.45) is 0 Å². The first-order valence-corrected chi connectivity index (χ1v) is 6.54. The van der Waals surface area contributed by atoms with Crippen LogP contribution in [0.3, 0.4) is 0 Å². The van der Waals surface area contributed by atoms with Gasteiger partial charge in [-0.05, 0) is 11.5 Å². The maximum absolute atomic E-state index is 12.1. The highest BCUT2D eigenvalue weighted by Crippen LogP contribution is 2.16. The smallest absolute Gasteiger partial charge is 0.330 e. The van der Waals surface area contributed by atoms with Crippen LogP contribution in [0, 0.1) is 0 Å². The van der Waals surface area contributed by atoms with E-state index in [2.05, 4.69) is 10.5 Å². The van der Waals surface area contributed by atoms with Crippen LogP contribution in [-0.2, 0) is 4.79 Å². The van der Waals surface area contributed by atoms with Gasteiger partial charge >= 0.3 is 5.97 Å². The number of aliphatic carboxylic acids is 1. The molecule has 0 saturated heterocycles. The topological polar surface area (TPSA) is 92.4 Å². The van der Waals surface area contributed by atoms with E-state index in [1.807, 2.05) is 13.8 Å². The third-order valence-electron chi connectivity index (χ3n) is 3.00. The Balaban J connectivity index is 2.17. The van der Waals surface area contributed by atoms with Gasteiger partial charge in [-0.25, -0.2) is 4.79 Å². The lowest BCUT2D eigenvalue weighted by Crippen LogP contribution is -2.33. The molecule has 0 aliphatic rings. The average Bonchev–Trinajstić information content (AvgIpc) is 2.95. The van der Waals surface area contributed by atoms with Gasteiger partial charge in [0.15, 0.2) is 6.04 Å². The zero-order chi connectivity index (χ0) is 15.4. The summed E-state index contributed by atoms with van der Waals surface area (Å²) in [7, 11) is 0. The number of aromatic nitrogens is 1. The number of carbonyl (C=O) groups excluding carboxylic acids is 1. The average molecular weight is 288 g/mol. The van der Waals surface area contributed by atoms with Gasteiger partial charge in [-0.3, -0.25) is 4.79 Å². The van der Waals surface area contributed by atoms with Crippen molar-refractivity contribution in [2.75, 3.05) is 0 Å². The summed E-state index contributed by atoms with van der Waals surface area (Å²) in [6.07, 6.45) is 0. The van der Waals surface area contributed by atoms with E-state index >= 15 is 0 Å². The summed E-state index contributed by atoms with van der Waals surface area (Å²) in [5, 5.41) is 15.5. The van der Waals surface area contributed by atoms with Gasteiger partial charge in [0.2, 0.25) is 5.76 Å². The molecule has 1 unspecified atom stereocenters. The SMILES string of the molecule is CC(C)c1cc(C(=O)NC(C(=O)O)c2ccccc2)on1. The van der Waals surface area contributed by atoms with Crippen molar-refractivity contribution in [3.8, 4) is 0 Å². The molecule has 0 aliphatic carbocycles. The number of carboxylic acids is 1. The Bertz CT molecular complexity index is 634. The van der Waals surface area contributed by atoms with Crippen LogP contribution in [-0.4, -0.2) is 22.1 Å². The second-order valence-electron chi connectivity index (χ2n) is 4.93. The minimum absolute atomic E-state index is 0.000816. The van der Waals surface area contributed by atoms with Crippen molar-refractivity contribution in [1.82, 2.24) is 10.5 Å². The minimum Gasteiger partial charge on any atom is -0.479 e. The highest BCUT2D eigenvalue weighted by molar-refractivity contribution is 5.94. The lowest BCUT2D eigenvalue weighted by atomic mass is 10.1. The number of hydrogen-bond acceptors (Lipinski definition) is 4. The van der Waals surface area contributed by atoms with Crippen LogP contribution in [0.2, 0.25) is 0 Å². The molecule has 1 atom stereocenters. The Kier molecular flexibility index (Phi) is 4.37. The van der Waals surface area contributed by atoms with Crippen molar-refractivity contribution in [3.63, 3.8) is 0 Å². The highest BCUT2D eigenvalue weighted by Gasteiger charge is 2.24. The fraction of sp³-hybridized carbons (Fsp3) is 0.267. The maximum Gasteiger partial charge on any atom is 0.330 e. The molecule has 1 aromatic heterocycles. The van der Waals surface area contributed by atoms with Crippen molar-refractivity contribution in [2.45, 2.75) is 25.8 Å². The predicted molar refractivity (Wildman–Crippen MR) is 74.9 cm³/mol. The van der Waals surface area contributed by atoms with Crippen molar-refractivity contribution in [3.05, 3.63) is 53.4 Å². The lowest BCUT2D eigenvalue weighted by Gasteiger charge is -2.13. The van der Waals surface area contributed by atoms with Gasteiger partial charge in [0.25, 0.3) is 5.91 Å². The summed E-state index contributed by atoms with van der Waals surface area (Å²) in [6, 6.07) is 8.86. The lowest BCUT2D eigenvalue weighted by molar-refractivity contribution is -0.139. The molecule has 2 aromatic rings. The largest absolute Gasteiger partial charge is 0.479 e. The van der Waals surface area contributed by atoms with Crippen LogP contribution in [0.4, 0.5) is 0 Å². The standard InChI is InChI=1S/C15H16N2O4/c1-9(2)11-8-12(21-17-11)14(18)16-13(15(19)20)10-6-4-3-5-7-10/h3-9,13H,1-2H3,(H,16,18)(H,19,20). The minimum atomic E-state index is -1.14. The number of benzene rings is 1. The third-order valence-corrected chi connectivity index (χ3v) is 3.00. The molecule has 0 bridgehead atoms. The molecule has 0 radical (unpaired) electrons. The summed E-state index contributed by atoms with van der Waals surface area (Å²) < 4.78 is 4.95. The molecule has 0 aliphatic heterocycles. The summed E-state index contributed by atoms with van der Waals surface area (Å²) in [4.78, 5) is 23.4. The molecule has 0 fully saturated rings. The van der Waals surface area contributed by atoms with E-state index in [1.165, 1.54) is 6.07 Å². The zero-order valence-corrected chi connectivity index (χ0v) is 11.7. The van der Waals surface area contributed by atoms with Crippen LogP contribution in [0.15, 0.2) is 40.9 Å². The molecule has 0 spiro atoms. The number of nitrogens with zero attached hydrogens (tertiary/aromatic N) is 1. The number of rotatable bonds is 5. The Morgan fingerprint density at radius 3 is 2.43 bits per heavy atom. The molecule has 110 valence electrons. The van der Waals surface area contributed by atoms with Crippen molar-refractivity contribution in [1.29, 1.82) is 0 Å². The second-order valence-corrected chi connectivity index (χ2v) is 4.93. The molecule has 1 amide bonds. The number of carboxylic acid groups (broad SMARTS) is 1. The van der Waals surface area contributed by atoms with E-state index in [0.717, 1.165) is 0 Å². The summed E-state index contributed by atoms with van der Waals surface area (Å²) in [6.45, 7) is 3.84. The van der Waals surface area contributed by atoms with Gasteiger partial charge < -0.3 is 14.9 Å². The normalized spacial score (nSPS) is 12.1. The van der Waals surface area contributed by atoms with E-state index in [0.29, 0.717) is 11.3 Å². The van der Waals surface area contributed by atoms with Gasteiger partial charge in [0.05, 0.1) is 5.69 Å². The van der Waals surface area contributed by atoms with Crippen LogP contribution in [0.5, 0.6) is 0 Å². The fourth-order valence-electron chi connectivity index (χ4n) is 1.80. The summed E-state index contributed by atoms with van der Waals surface area (Å²) in [5.74, 6) is -1.62. The highest BCUT2D eigenvalue weighted by atomic mass is 16.5. The molecular weight excluding hydrogens is 272 g/mol. The molecule has 1 heterocycles. The van der Waals surface area contributed by atoms with E-state index in [-0.39, 0.29) is 11.7 Å². The molecule has 1 aromatic carbocycles. The molecular formula is C15H16N2O4. The van der Waals surface area contributed by atoms with Gasteiger partial charge in [0, 0.05) is 6.07 Å². The van der Waals surface area contributed by atoms with Crippen molar-refractivity contribution >= 4 is 11.9 Å². The first kappa shape index (κ1) is 14.8. The molecule has 2 N–H and O–H groups in total. The predicted octanol–water partition coefficient (Wildman–Crippen LogP) is 2.35. The monoisotopic (exact) mass is 288 g/mol. The summed E-state index contributed by atoms with van der Waals surface area (Å²) >= 11 is 0. The zero-order valence-electron chi connectivity index (χ0n) is 11.7. The van der Waals surface area contributed by atoms with Gasteiger partial charge in [-0.2, -0.15) is 0 Å². The number of hydrogen-bond donors (Lipinski definition) is 2. The van der Waals surface area contributed by atoms with Crippen LogP contribution in [0.1, 0.15) is 47.6 Å². The van der Waals surface area contributed by atoms with E-state index in [9.17, 15) is 14.7 Å². The van der Waals surface area contributed by atoms with E-state index < -0.39 is 17.9 Å². The first-order valence-electron chi connectivity index (χ1n) is 6.54. The first-order chi connectivity index (χ1) is 9.99. The van der Waals surface area contributed by atoms with Crippen LogP contribution in [0.25, 0.3) is 0 Å².